The Balaban J connectivity index is 1.24. The van der Waals surface area contributed by atoms with Crippen LogP contribution in [0, 0.1) is 0 Å². The third-order valence-electron chi connectivity index (χ3n) is 6.27. The number of hydrogen-bond acceptors (Lipinski definition) is 7. The predicted octanol–water partition coefficient (Wildman–Crippen LogP) is 1.63. The van der Waals surface area contributed by atoms with E-state index in [-0.39, 0.29) is 18.5 Å². The molecule has 9 nitrogen and oxygen atoms in total. The maximum Gasteiger partial charge on any atom is 0.415 e. The Morgan fingerprint density at radius 2 is 1.94 bits per heavy atom. The van der Waals surface area contributed by atoms with E-state index >= 15 is 0 Å². The number of rotatable bonds is 5. The van der Waals surface area contributed by atoms with Gasteiger partial charge >= 0.3 is 6.09 Å². The van der Waals surface area contributed by atoms with E-state index in [1.54, 1.807) is 4.90 Å². The lowest BCUT2D eigenvalue weighted by Crippen LogP contribution is -2.48. The molecule has 32 heavy (non-hydrogen) atoms. The first-order chi connectivity index (χ1) is 15.6. The molecule has 2 fully saturated rings. The van der Waals surface area contributed by atoms with Gasteiger partial charge in [-0.05, 0) is 29.8 Å². The summed E-state index contributed by atoms with van der Waals surface area (Å²) in [6.45, 7) is 6.81. The molecule has 1 aromatic heterocycles. The van der Waals surface area contributed by atoms with Crippen molar-refractivity contribution in [2.45, 2.75) is 25.6 Å². The molecule has 0 unspecified atom stereocenters. The number of pyridine rings is 1. The van der Waals surface area contributed by atoms with E-state index in [0.717, 1.165) is 44.1 Å². The summed E-state index contributed by atoms with van der Waals surface area (Å²) in [5.74, 6) is 0.539. The molecule has 0 spiro atoms. The second-order valence-corrected chi connectivity index (χ2v) is 8.38. The molecule has 2 amide bonds. The van der Waals surface area contributed by atoms with Crippen molar-refractivity contribution in [3.05, 3.63) is 48.3 Å². The first-order valence-corrected chi connectivity index (χ1v) is 11.0. The highest BCUT2D eigenvalue weighted by molar-refractivity contribution is 5.93. The lowest BCUT2D eigenvalue weighted by Gasteiger charge is -2.37. The van der Waals surface area contributed by atoms with Crippen molar-refractivity contribution in [1.82, 2.24) is 15.2 Å². The van der Waals surface area contributed by atoms with Gasteiger partial charge in [0, 0.05) is 63.8 Å². The number of anilines is 2. The van der Waals surface area contributed by atoms with E-state index in [1.165, 1.54) is 12.5 Å². The Bertz CT molecular complexity index is 993. The zero-order valence-corrected chi connectivity index (χ0v) is 18.1. The van der Waals surface area contributed by atoms with E-state index in [9.17, 15) is 9.59 Å². The molecule has 0 bridgehead atoms. The number of hydrogen-bond donors (Lipinski definition) is 1. The minimum Gasteiger partial charge on any atom is -0.489 e. The number of fused-ring (bicyclic) bond motifs is 3. The second kappa shape index (κ2) is 8.66. The summed E-state index contributed by atoms with van der Waals surface area (Å²) in [7, 11) is 0. The van der Waals surface area contributed by atoms with Crippen LogP contribution in [0.15, 0.2) is 42.7 Å². The summed E-state index contributed by atoms with van der Waals surface area (Å²) in [5, 5.41) is 2.72. The highest BCUT2D eigenvalue weighted by atomic mass is 16.6. The standard InChI is InChI=1S/C23H27N5O4/c1-16(29)25-13-22-20-15-31-21-12-18(2-3-19(21)28(20)23(30)32-22)27-10-8-26(9-11-27)14-17-4-6-24-7-5-17/h2-7,12,20,22H,8-11,13-15H2,1H3,(H,25,29)/t20-,22-/m0/s1. The number of carbonyl (C=O) groups is 2. The van der Waals surface area contributed by atoms with Gasteiger partial charge in [-0.1, -0.05) is 0 Å². The van der Waals surface area contributed by atoms with Crippen molar-refractivity contribution in [3.8, 4) is 5.75 Å². The van der Waals surface area contributed by atoms with Crippen molar-refractivity contribution in [2.75, 3.05) is 49.1 Å². The molecule has 2 aromatic rings. The summed E-state index contributed by atoms with van der Waals surface area (Å²) in [5.41, 5.74) is 3.09. The lowest BCUT2D eigenvalue weighted by atomic mass is 10.1. The van der Waals surface area contributed by atoms with Crippen LogP contribution in [-0.2, 0) is 16.1 Å². The van der Waals surface area contributed by atoms with Crippen LogP contribution in [0.25, 0.3) is 0 Å². The molecule has 5 rings (SSSR count). The average Bonchev–Trinajstić information content (AvgIpc) is 3.14. The van der Waals surface area contributed by atoms with Crippen LogP contribution in [0.1, 0.15) is 12.5 Å². The van der Waals surface area contributed by atoms with E-state index in [1.807, 2.05) is 30.6 Å². The number of ether oxygens (including phenoxy) is 2. The molecule has 168 valence electrons. The SMILES string of the molecule is CC(=O)NC[C@@H]1OC(=O)N2c3ccc(N4CCN(Cc5ccncc5)CC4)cc3OC[C@@H]12. The van der Waals surface area contributed by atoms with Gasteiger partial charge in [0.05, 0.1) is 12.2 Å². The number of nitrogens with one attached hydrogen (secondary N) is 1. The minimum atomic E-state index is -0.423. The van der Waals surface area contributed by atoms with Crippen LogP contribution >= 0.6 is 0 Å². The van der Waals surface area contributed by atoms with Crippen LogP contribution in [0.4, 0.5) is 16.2 Å². The monoisotopic (exact) mass is 437 g/mol. The van der Waals surface area contributed by atoms with Crippen molar-refractivity contribution >= 4 is 23.4 Å². The van der Waals surface area contributed by atoms with Crippen LogP contribution in [0.5, 0.6) is 5.75 Å². The second-order valence-electron chi connectivity index (χ2n) is 8.38. The maximum absolute atomic E-state index is 12.5. The molecule has 1 aromatic carbocycles. The van der Waals surface area contributed by atoms with Crippen LogP contribution in [0.3, 0.4) is 0 Å². The van der Waals surface area contributed by atoms with Crippen molar-refractivity contribution in [2.24, 2.45) is 0 Å². The average molecular weight is 438 g/mol. The summed E-state index contributed by atoms with van der Waals surface area (Å²) in [6, 6.07) is 9.86. The first-order valence-electron chi connectivity index (χ1n) is 11.0. The van der Waals surface area contributed by atoms with Gasteiger partial charge in [0.1, 0.15) is 24.5 Å². The number of carbonyl (C=O) groups excluding carboxylic acids is 2. The Morgan fingerprint density at radius 3 is 2.69 bits per heavy atom. The normalized spacial score (nSPS) is 22.6. The quantitative estimate of drug-likeness (QED) is 0.761. The van der Waals surface area contributed by atoms with Crippen molar-refractivity contribution in [3.63, 3.8) is 0 Å². The number of benzene rings is 1. The Morgan fingerprint density at radius 1 is 1.16 bits per heavy atom. The molecule has 2 saturated heterocycles. The molecule has 3 aliphatic heterocycles. The Kier molecular flexibility index (Phi) is 5.57. The van der Waals surface area contributed by atoms with Gasteiger partial charge < -0.3 is 19.7 Å². The highest BCUT2D eigenvalue weighted by Crippen LogP contribution is 2.41. The summed E-state index contributed by atoms with van der Waals surface area (Å²) < 4.78 is 11.5. The molecule has 0 saturated carbocycles. The van der Waals surface area contributed by atoms with E-state index in [4.69, 9.17) is 9.47 Å². The molecule has 1 N–H and O–H groups in total. The third kappa shape index (κ3) is 4.08. The predicted molar refractivity (Wildman–Crippen MR) is 119 cm³/mol. The van der Waals surface area contributed by atoms with Crippen LogP contribution < -0.4 is 19.9 Å². The Hall–Kier alpha value is -3.33. The lowest BCUT2D eigenvalue weighted by molar-refractivity contribution is -0.119. The molecule has 2 atom stereocenters. The van der Waals surface area contributed by atoms with Gasteiger partial charge in [-0.25, -0.2) is 4.79 Å². The number of piperazine rings is 1. The van der Waals surface area contributed by atoms with Gasteiger partial charge in [0.15, 0.2) is 0 Å². The van der Waals surface area contributed by atoms with Crippen LogP contribution in [-0.4, -0.2) is 73.4 Å². The number of amides is 2. The number of aromatic nitrogens is 1. The molecule has 9 heteroatoms. The molecule has 4 heterocycles. The maximum atomic E-state index is 12.5. The fourth-order valence-corrected chi connectivity index (χ4v) is 4.55. The van der Waals surface area contributed by atoms with Gasteiger partial charge in [-0.15, -0.1) is 0 Å². The van der Waals surface area contributed by atoms with Crippen molar-refractivity contribution < 1.29 is 19.1 Å². The summed E-state index contributed by atoms with van der Waals surface area (Å²) in [6.07, 6.45) is 2.85. The topological polar surface area (TPSA) is 87.2 Å². The van der Waals surface area contributed by atoms with Gasteiger partial charge in [0.2, 0.25) is 5.91 Å². The zero-order valence-electron chi connectivity index (χ0n) is 18.1. The molecule has 0 aliphatic carbocycles. The first kappa shape index (κ1) is 20.6. The van der Waals surface area contributed by atoms with Crippen molar-refractivity contribution in [1.29, 1.82) is 0 Å². The largest absolute Gasteiger partial charge is 0.489 e. The van der Waals surface area contributed by atoms with E-state index in [0.29, 0.717) is 12.4 Å². The third-order valence-corrected chi connectivity index (χ3v) is 6.27. The number of nitrogens with zero attached hydrogens (tertiary/aromatic N) is 4. The van der Waals surface area contributed by atoms with Gasteiger partial charge in [0.25, 0.3) is 0 Å². The Labute approximate surface area is 186 Å². The summed E-state index contributed by atoms with van der Waals surface area (Å²) in [4.78, 5) is 34.3. The summed E-state index contributed by atoms with van der Waals surface area (Å²) >= 11 is 0. The fraction of sp³-hybridized carbons (Fsp3) is 0.435. The van der Waals surface area contributed by atoms with Gasteiger partial charge in [-0.3, -0.25) is 19.6 Å². The fourth-order valence-electron chi connectivity index (χ4n) is 4.55. The zero-order chi connectivity index (χ0) is 22.1. The van der Waals surface area contributed by atoms with E-state index in [2.05, 4.69) is 32.2 Å². The van der Waals surface area contributed by atoms with E-state index < -0.39 is 12.2 Å². The molecule has 0 radical (unpaired) electrons. The highest BCUT2D eigenvalue weighted by Gasteiger charge is 2.46. The molecule has 3 aliphatic rings. The minimum absolute atomic E-state index is 0.151. The number of cyclic esters (lactones) is 1. The molecular weight excluding hydrogens is 410 g/mol. The molecular formula is C23H27N5O4. The van der Waals surface area contributed by atoms with Gasteiger partial charge in [-0.2, -0.15) is 0 Å². The van der Waals surface area contributed by atoms with Crippen LogP contribution in [0.2, 0.25) is 0 Å². The smallest absolute Gasteiger partial charge is 0.415 e.